The Morgan fingerprint density at radius 2 is 1.95 bits per heavy atom. The van der Waals surface area contributed by atoms with Crippen molar-refractivity contribution in [3.63, 3.8) is 0 Å². The highest BCUT2D eigenvalue weighted by atomic mass is 16.2. The van der Waals surface area contributed by atoms with Crippen molar-refractivity contribution in [2.24, 2.45) is 5.73 Å². The van der Waals surface area contributed by atoms with Crippen LogP contribution in [0.15, 0.2) is 43.0 Å². The maximum absolute atomic E-state index is 11.9. The van der Waals surface area contributed by atoms with Gasteiger partial charge < -0.3 is 11.1 Å². The Bertz CT molecular complexity index is 471. The molecule has 2 amide bonds. The molecule has 108 valence electrons. The third kappa shape index (κ3) is 4.53. The number of rotatable bonds is 8. The maximum atomic E-state index is 11.9. The van der Waals surface area contributed by atoms with Crippen LogP contribution in [0.2, 0.25) is 0 Å². The molecule has 0 aromatic heterocycles. The van der Waals surface area contributed by atoms with E-state index in [1.165, 1.54) is 6.92 Å². The SMILES string of the molecule is C=CCCC(CCc1ccccc1)(NC(C)=O)C(N)=O. The van der Waals surface area contributed by atoms with Gasteiger partial charge in [-0.25, -0.2) is 0 Å². The zero-order valence-corrected chi connectivity index (χ0v) is 11.9. The topological polar surface area (TPSA) is 72.2 Å². The molecule has 1 rings (SSSR count). The molecule has 4 heteroatoms. The lowest BCUT2D eigenvalue weighted by Crippen LogP contribution is -2.57. The highest BCUT2D eigenvalue weighted by Gasteiger charge is 2.36. The summed E-state index contributed by atoms with van der Waals surface area (Å²) >= 11 is 0. The van der Waals surface area contributed by atoms with Crippen molar-refractivity contribution in [2.75, 3.05) is 0 Å². The Kier molecular flexibility index (Phi) is 5.97. The highest BCUT2D eigenvalue weighted by Crippen LogP contribution is 2.21. The number of benzene rings is 1. The molecule has 0 heterocycles. The Balaban J connectivity index is 2.86. The number of hydrogen-bond donors (Lipinski definition) is 2. The van der Waals surface area contributed by atoms with Gasteiger partial charge in [-0.3, -0.25) is 9.59 Å². The lowest BCUT2D eigenvalue weighted by atomic mass is 9.85. The van der Waals surface area contributed by atoms with E-state index in [0.717, 1.165) is 5.56 Å². The summed E-state index contributed by atoms with van der Waals surface area (Å²) in [6, 6.07) is 9.82. The Morgan fingerprint density at radius 1 is 1.30 bits per heavy atom. The number of carbonyl (C=O) groups is 2. The molecular formula is C16H22N2O2. The van der Waals surface area contributed by atoms with Crippen molar-refractivity contribution in [1.82, 2.24) is 5.32 Å². The van der Waals surface area contributed by atoms with Crippen LogP contribution >= 0.6 is 0 Å². The predicted molar refractivity (Wildman–Crippen MR) is 79.9 cm³/mol. The van der Waals surface area contributed by atoms with Crippen molar-refractivity contribution in [3.05, 3.63) is 48.6 Å². The molecule has 1 unspecified atom stereocenters. The van der Waals surface area contributed by atoms with E-state index in [1.54, 1.807) is 6.08 Å². The number of allylic oxidation sites excluding steroid dienone is 1. The van der Waals surface area contributed by atoms with Crippen LogP contribution in [0.5, 0.6) is 0 Å². The van der Waals surface area contributed by atoms with Crippen molar-refractivity contribution >= 4 is 11.8 Å². The van der Waals surface area contributed by atoms with Gasteiger partial charge in [0.25, 0.3) is 0 Å². The second-order valence-electron chi connectivity index (χ2n) is 4.94. The number of aryl methyl sites for hydroxylation is 1. The number of amides is 2. The van der Waals surface area contributed by atoms with Crippen LogP contribution in [0, 0.1) is 0 Å². The summed E-state index contributed by atoms with van der Waals surface area (Å²) in [7, 11) is 0. The van der Waals surface area contributed by atoms with Gasteiger partial charge in [-0.05, 0) is 31.2 Å². The molecule has 1 aromatic rings. The van der Waals surface area contributed by atoms with Gasteiger partial charge in [0, 0.05) is 6.92 Å². The van der Waals surface area contributed by atoms with E-state index in [4.69, 9.17) is 5.73 Å². The Morgan fingerprint density at radius 3 is 2.45 bits per heavy atom. The van der Waals surface area contributed by atoms with Gasteiger partial charge in [0.15, 0.2) is 0 Å². The minimum absolute atomic E-state index is 0.249. The fourth-order valence-corrected chi connectivity index (χ4v) is 2.25. The number of carbonyl (C=O) groups excluding carboxylic acids is 2. The first-order valence-corrected chi connectivity index (χ1v) is 6.73. The number of primary amides is 1. The van der Waals surface area contributed by atoms with Crippen molar-refractivity contribution in [2.45, 2.75) is 38.1 Å². The molecule has 0 aliphatic heterocycles. The van der Waals surface area contributed by atoms with Gasteiger partial charge in [-0.1, -0.05) is 36.4 Å². The number of hydrogen-bond acceptors (Lipinski definition) is 2. The summed E-state index contributed by atoms with van der Waals surface area (Å²) in [5.74, 6) is -0.744. The molecule has 0 bridgehead atoms. The molecule has 3 N–H and O–H groups in total. The first-order chi connectivity index (χ1) is 9.50. The van der Waals surface area contributed by atoms with E-state index < -0.39 is 11.4 Å². The van der Waals surface area contributed by atoms with Gasteiger partial charge in [-0.2, -0.15) is 0 Å². The normalized spacial score (nSPS) is 13.2. The van der Waals surface area contributed by atoms with Gasteiger partial charge >= 0.3 is 0 Å². The molecule has 0 saturated heterocycles. The molecule has 0 spiro atoms. The average molecular weight is 274 g/mol. The van der Waals surface area contributed by atoms with E-state index in [2.05, 4.69) is 11.9 Å². The second kappa shape index (κ2) is 7.48. The lowest BCUT2D eigenvalue weighted by Gasteiger charge is -2.31. The van der Waals surface area contributed by atoms with Crippen LogP contribution in [-0.2, 0) is 16.0 Å². The molecule has 1 aromatic carbocycles. The van der Waals surface area contributed by atoms with Crippen LogP contribution in [0.4, 0.5) is 0 Å². The average Bonchev–Trinajstić information content (AvgIpc) is 2.42. The molecule has 0 aliphatic carbocycles. The van der Waals surface area contributed by atoms with Gasteiger partial charge in [0.1, 0.15) is 5.54 Å². The van der Waals surface area contributed by atoms with Crippen LogP contribution in [0.1, 0.15) is 31.7 Å². The predicted octanol–water partition coefficient (Wildman–Crippen LogP) is 1.95. The molecule has 0 fully saturated rings. The summed E-state index contributed by atoms with van der Waals surface area (Å²) in [6.45, 7) is 5.05. The number of nitrogens with two attached hydrogens (primary N) is 1. The summed E-state index contributed by atoms with van der Waals surface area (Å²) in [4.78, 5) is 23.3. The molecule has 4 nitrogen and oxygen atoms in total. The number of nitrogens with one attached hydrogen (secondary N) is 1. The summed E-state index contributed by atoms with van der Waals surface area (Å²) in [5, 5.41) is 2.74. The van der Waals surface area contributed by atoms with E-state index >= 15 is 0 Å². The maximum Gasteiger partial charge on any atom is 0.243 e. The molecular weight excluding hydrogens is 252 g/mol. The Labute approximate surface area is 120 Å². The molecule has 0 aliphatic rings. The van der Waals surface area contributed by atoms with E-state index in [0.29, 0.717) is 25.7 Å². The zero-order chi connectivity index (χ0) is 15.0. The van der Waals surface area contributed by atoms with Crippen LogP contribution in [0.25, 0.3) is 0 Å². The Hall–Kier alpha value is -2.10. The molecule has 1 atom stereocenters. The standard InChI is InChI=1S/C16H22N2O2/c1-3-4-11-16(15(17)20,18-13(2)19)12-10-14-8-6-5-7-9-14/h3,5-9H,1,4,10-12H2,2H3,(H2,17,20)(H,18,19). The van der Waals surface area contributed by atoms with Crippen molar-refractivity contribution in [3.8, 4) is 0 Å². The van der Waals surface area contributed by atoms with Crippen LogP contribution < -0.4 is 11.1 Å². The largest absolute Gasteiger partial charge is 0.368 e. The highest BCUT2D eigenvalue weighted by molar-refractivity contribution is 5.89. The van der Waals surface area contributed by atoms with Crippen molar-refractivity contribution < 1.29 is 9.59 Å². The van der Waals surface area contributed by atoms with E-state index in [1.807, 2.05) is 30.3 Å². The second-order valence-corrected chi connectivity index (χ2v) is 4.94. The smallest absolute Gasteiger partial charge is 0.243 e. The van der Waals surface area contributed by atoms with E-state index in [-0.39, 0.29) is 5.91 Å². The minimum atomic E-state index is -1.00. The molecule has 0 saturated carbocycles. The first-order valence-electron chi connectivity index (χ1n) is 6.73. The lowest BCUT2D eigenvalue weighted by molar-refractivity contribution is -0.131. The van der Waals surface area contributed by atoms with Gasteiger partial charge in [0.05, 0.1) is 0 Å². The molecule has 0 radical (unpaired) electrons. The summed E-state index contributed by atoms with van der Waals surface area (Å²) in [6.07, 6.45) is 3.99. The zero-order valence-electron chi connectivity index (χ0n) is 11.9. The molecule has 20 heavy (non-hydrogen) atoms. The first kappa shape index (κ1) is 16.0. The van der Waals surface area contributed by atoms with Crippen LogP contribution in [-0.4, -0.2) is 17.4 Å². The third-order valence-corrected chi connectivity index (χ3v) is 3.35. The quantitative estimate of drug-likeness (QED) is 0.711. The summed E-state index contributed by atoms with van der Waals surface area (Å²) < 4.78 is 0. The van der Waals surface area contributed by atoms with E-state index in [9.17, 15) is 9.59 Å². The van der Waals surface area contributed by atoms with Crippen molar-refractivity contribution in [1.29, 1.82) is 0 Å². The monoisotopic (exact) mass is 274 g/mol. The fourth-order valence-electron chi connectivity index (χ4n) is 2.25. The van der Waals surface area contributed by atoms with Gasteiger partial charge in [-0.15, -0.1) is 6.58 Å². The minimum Gasteiger partial charge on any atom is -0.368 e. The van der Waals surface area contributed by atoms with Gasteiger partial charge in [0.2, 0.25) is 11.8 Å². The summed E-state index contributed by atoms with van der Waals surface area (Å²) in [5.41, 5.74) is 5.65. The fraction of sp³-hybridized carbons (Fsp3) is 0.375. The third-order valence-electron chi connectivity index (χ3n) is 3.35. The van der Waals surface area contributed by atoms with Crippen LogP contribution in [0.3, 0.4) is 0 Å².